The molecule has 0 aliphatic carbocycles. The van der Waals surface area contributed by atoms with Crippen LogP contribution in [0, 0.1) is 0 Å². The second kappa shape index (κ2) is 9.33. The predicted octanol–water partition coefficient (Wildman–Crippen LogP) is 4.70. The highest BCUT2D eigenvalue weighted by atomic mass is 16.5. The van der Waals surface area contributed by atoms with Gasteiger partial charge in [-0.05, 0) is 49.1 Å². The van der Waals surface area contributed by atoms with Crippen molar-refractivity contribution in [2.75, 3.05) is 13.7 Å². The van der Waals surface area contributed by atoms with Crippen LogP contribution in [0.1, 0.15) is 62.2 Å². The predicted molar refractivity (Wildman–Crippen MR) is 120 cm³/mol. The fourth-order valence-electron chi connectivity index (χ4n) is 4.26. The molecule has 31 heavy (non-hydrogen) atoms. The second-order valence-corrected chi connectivity index (χ2v) is 8.32. The Morgan fingerprint density at radius 2 is 2.00 bits per heavy atom. The van der Waals surface area contributed by atoms with Gasteiger partial charge in [-0.25, -0.2) is 9.97 Å². The Hall–Kier alpha value is -3.15. The summed E-state index contributed by atoms with van der Waals surface area (Å²) in [7, 11) is 1.66. The molecular weight excluding hydrogens is 388 g/mol. The number of hydrogen-bond donors (Lipinski definition) is 0. The third kappa shape index (κ3) is 4.63. The Balaban J connectivity index is 1.47. The lowest BCUT2D eigenvalue weighted by atomic mass is 10.1. The van der Waals surface area contributed by atoms with Crippen molar-refractivity contribution in [3.8, 4) is 11.6 Å². The molecule has 1 aromatic carbocycles. The van der Waals surface area contributed by atoms with Gasteiger partial charge in [0.1, 0.15) is 17.4 Å². The zero-order valence-corrected chi connectivity index (χ0v) is 18.5. The summed E-state index contributed by atoms with van der Waals surface area (Å²) in [6, 6.07) is 14.0. The van der Waals surface area contributed by atoms with E-state index in [9.17, 15) is 4.79 Å². The zero-order chi connectivity index (χ0) is 21.8. The molecule has 6 nitrogen and oxygen atoms in total. The van der Waals surface area contributed by atoms with E-state index in [4.69, 9.17) is 9.72 Å². The van der Waals surface area contributed by atoms with Crippen LogP contribution in [0.15, 0.2) is 54.9 Å². The molecule has 0 bridgehead atoms. The Morgan fingerprint density at radius 1 is 1.19 bits per heavy atom. The highest BCUT2D eigenvalue weighted by Crippen LogP contribution is 2.32. The Morgan fingerprint density at radius 3 is 2.74 bits per heavy atom. The van der Waals surface area contributed by atoms with Crippen LogP contribution in [0.4, 0.5) is 0 Å². The molecule has 2 aromatic heterocycles. The van der Waals surface area contributed by atoms with E-state index in [-0.39, 0.29) is 11.9 Å². The zero-order valence-electron chi connectivity index (χ0n) is 18.5. The van der Waals surface area contributed by atoms with Gasteiger partial charge in [0.05, 0.1) is 18.8 Å². The molecule has 0 unspecified atom stereocenters. The normalized spacial score (nSPS) is 16.1. The van der Waals surface area contributed by atoms with Gasteiger partial charge in [0.25, 0.3) is 0 Å². The molecule has 0 N–H and O–H groups in total. The van der Waals surface area contributed by atoms with Gasteiger partial charge >= 0.3 is 0 Å². The van der Waals surface area contributed by atoms with Gasteiger partial charge in [-0.1, -0.05) is 32.0 Å². The lowest BCUT2D eigenvalue weighted by molar-refractivity contribution is -0.132. The average Bonchev–Trinajstić information content (AvgIpc) is 3.48. The Bertz CT molecular complexity index is 1030. The molecule has 4 rings (SSSR count). The molecule has 1 fully saturated rings. The minimum Gasteiger partial charge on any atom is -0.497 e. The lowest BCUT2D eigenvalue weighted by Crippen LogP contribution is -2.31. The number of aromatic nitrogens is 3. The molecule has 6 heteroatoms. The van der Waals surface area contributed by atoms with E-state index >= 15 is 0 Å². The van der Waals surface area contributed by atoms with Crippen LogP contribution < -0.4 is 4.74 Å². The number of methoxy groups -OCH3 is 1. The summed E-state index contributed by atoms with van der Waals surface area (Å²) in [5.41, 5.74) is 2.10. The van der Waals surface area contributed by atoms with Gasteiger partial charge in [-0.2, -0.15) is 0 Å². The van der Waals surface area contributed by atoms with Crippen molar-refractivity contribution >= 4 is 5.91 Å². The minimum absolute atomic E-state index is 0.0364. The lowest BCUT2D eigenvalue weighted by Gasteiger charge is -2.25. The maximum Gasteiger partial charge on any atom is 0.223 e. The molecule has 1 atom stereocenters. The summed E-state index contributed by atoms with van der Waals surface area (Å²) < 4.78 is 7.25. The highest BCUT2D eigenvalue weighted by molar-refractivity contribution is 5.77. The summed E-state index contributed by atoms with van der Waals surface area (Å²) in [4.78, 5) is 24.5. The summed E-state index contributed by atoms with van der Waals surface area (Å²) >= 11 is 0. The van der Waals surface area contributed by atoms with Crippen LogP contribution in [0.25, 0.3) is 5.82 Å². The number of amides is 1. The number of pyridine rings is 1. The summed E-state index contributed by atoms with van der Waals surface area (Å²) in [5.74, 6) is 3.18. The minimum atomic E-state index is 0.0364. The van der Waals surface area contributed by atoms with Crippen molar-refractivity contribution in [2.45, 2.75) is 51.5 Å². The monoisotopic (exact) mass is 418 g/mol. The van der Waals surface area contributed by atoms with Crippen LogP contribution in [0.2, 0.25) is 0 Å². The van der Waals surface area contributed by atoms with E-state index in [1.807, 2.05) is 64.3 Å². The van der Waals surface area contributed by atoms with Crippen molar-refractivity contribution in [1.82, 2.24) is 19.4 Å². The third-order valence-electron chi connectivity index (χ3n) is 5.89. The van der Waals surface area contributed by atoms with Gasteiger partial charge in [0, 0.05) is 31.3 Å². The standard InChI is InChI=1S/C25H30N4O2/c1-18(2)25-26-15-17-29(25)23-8-4-6-21(27-23)22-7-5-16-28(22)24(30)14-11-19-9-12-20(31-3)13-10-19/h4,6,8-10,12-13,15,17-18,22H,5,7,11,14,16H2,1-3H3/t22-/m1/s1. The molecule has 1 aliphatic heterocycles. The summed E-state index contributed by atoms with van der Waals surface area (Å²) in [6.07, 6.45) is 6.95. The van der Waals surface area contributed by atoms with E-state index in [0.29, 0.717) is 12.3 Å². The Labute approximate surface area is 183 Å². The van der Waals surface area contributed by atoms with Crippen LogP contribution >= 0.6 is 0 Å². The molecule has 3 heterocycles. The number of ether oxygens (including phenoxy) is 1. The number of aryl methyl sites for hydroxylation is 1. The first-order valence-corrected chi connectivity index (χ1v) is 11.0. The summed E-state index contributed by atoms with van der Waals surface area (Å²) in [6.45, 7) is 5.05. The van der Waals surface area contributed by atoms with Gasteiger partial charge in [-0.15, -0.1) is 0 Å². The first-order chi connectivity index (χ1) is 15.1. The average molecular weight is 419 g/mol. The Kier molecular flexibility index (Phi) is 6.35. The molecule has 162 valence electrons. The fraction of sp³-hybridized carbons (Fsp3) is 0.400. The molecule has 1 saturated heterocycles. The van der Waals surface area contributed by atoms with E-state index in [1.54, 1.807) is 7.11 Å². The number of imidazole rings is 1. The van der Waals surface area contributed by atoms with E-state index < -0.39 is 0 Å². The largest absolute Gasteiger partial charge is 0.497 e. The first-order valence-electron chi connectivity index (χ1n) is 11.0. The van der Waals surface area contributed by atoms with E-state index in [2.05, 4.69) is 18.8 Å². The van der Waals surface area contributed by atoms with Crippen molar-refractivity contribution in [3.63, 3.8) is 0 Å². The number of likely N-dealkylation sites (tertiary alicyclic amines) is 1. The number of benzene rings is 1. The topological polar surface area (TPSA) is 60.2 Å². The second-order valence-electron chi connectivity index (χ2n) is 8.32. The van der Waals surface area contributed by atoms with E-state index in [1.165, 1.54) is 0 Å². The maximum atomic E-state index is 13.0. The van der Waals surface area contributed by atoms with Gasteiger partial charge in [0.15, 0.2) is 0 Å². The number of carbonyl (C=O) groups excluding carboxylic acids is 1. The molecular formula is C25H30N4O2. The number of carbonyl (C=O) groups is 1. The third-order valence-corrected chi connectivity index (χ3v) is 5.89. The maximum absolute atomic E-state index is 13.0. The molecule has 0 spiro atoms. The van der Waals surface area contributed by atoms with Crippen LogP contribution in [-0.4, -0.2) is 39.0 Å². The van der Waals surface area contributed by atoms with Crippen LogP contribution in [-0.2, 0) is 11.2 Å². The number of rotatable bonds is 7. The van der Waals surface area contributed by atoms with Crippen molar-refractivity contribution < 1.29 is 9.53 Å². The van der Waals surface area contributed by atoms with Crippen LogP contribution in [0.3, 0.4) is 0 Å². The van der Waals surface area contributed by atoms with E-state index in [0.717, 1.165) is 54.5 Å². The van der Waals surface area contributed by atoms with Gasteiger partial charge in [0.2, 0.25) is 5.91 Å². The molecule has 1 amide bonds. The first kappa shape index (κ1) is 21.1. The van der Waals surface area contributed by atoms with Crippen molar-refractivity contribution in [3.05, 3.63) is 71.9 Å². The summed E-state index contributed by atoms with van der Waals surface area (Å²) in [5, 5.41) is 0. The fourth-order valence-corrected chi connectivity index (χ4v) is 4.26. The highest BCUT2D eigenvalue weighted by Gasteiger charge is 2.30. The SMILES string of the molecule is COc1ccc(CCC(=O)N2CCC[C@@H]2c2cccc(-n3ccnc3C(C)C)n2)cc1. The smallest absolute Gasteiger partial charge is 0.223 e. The molecule has 0 radical (unpaired) electrons. The quantitative estimate of drug-likeness (QED) is 0.558. The van der Waals surface area contributed by atoms with Gasteiger partial charge in [-0.3, -0.25) is 9.36 Å². The molecule has 0 saturated carbocycles. The molecule has 1 aliphatic rings. The van der Waals surface area contributed by atoms with Gasteiger partial charge < -0.3 is 9.64 Å². The van der Waals surface area contributed by atoms with Crippen molar-refractivity contribution in [2.24, 2.45) is 0 Å². The number of nitrogens with zero attached hydrogens (tertiary/aromatic N) is 4. The van der Waals surface area contributed by atoms with Crippen LogP contribution in [0.5, 0.6) is 5.75 Å². The van der Waals surface area contributed by atoms with Crippen molar-refractivity contribution in [1.29, 1.82) is 0 Å². The molecule has 3 aromatic rings. The number of hydrogen-bond acceptors (Lipinski definition) is 4.